The van der Waals surface area contributed by atoms with Crippen molar-refractivity contribution >= 4 is 5.91 Å². The number of hydrogen-bond acceptors (Lipinski definition) is 3. The number of likely N-dealkylation sites (N-methyl/N-ethyl adjacent to an activating group) is 1. The smallest absolute Gasteiger partial charge is 0.241 e. The van der Waals surface area contributed by atoms with Gasteiger partial charge in [0.25, 0.3) is 0 Å². The van der Waals surface area contributed by atoms with Gasteiger partial charge >= 0.3 is 0 Å². The number of nitrogens with one attached hydrogen (secondary N) is 1. The van der Waals surface area contributed by atoms with Crippen LogP contribution >= 0.6 is 0 Å². The minimum absolute atomic E-state index is 0.0106. The average molecular weight is 187 g/mol. The van der Waals surface area contributed by atoms with E-state index in [1.165, 1.54) is 0 Å². The van der Waals surface area contributed by atoms with Gasteiger partial charge in [-0.2, -0.15) is 0 Å². The number of rotatable bonds is 5. The number of nitrogens with two attached hydrogens (primary N) is 1. The highest BCUT2D eigenvalue weighted by Gasteiger charge is 2.24. The highest BCUT2D eigenvalue weighted by atomic mass is 16.2. The summed E-state index contributed by atoms with van der Waals surface area (Å²) in [5, 5.41) is 3.03. The molecule has 0 aliphatic heterocycles. The Labute approximate surface area is 80.5 Å². The van der Waals surface area contributed by atoms with Gasteiger partial charge in [-0.15, -0.1) is 0 Å². The summed E-state index contributed by atoms with van der Waals surface area (Å²) in [6.07, 6.45) is 0.953. The van der Waals surface area contributed by atoms with Gasteiger partial charge in [-0.1, -0.05) is 0 Å². The predicted molar refractivity (Wildman–Crippen MR) is 54.4 cm³/mol. The van der Waals surface area contributed by atoms with Gasteiger partial charge in [0.15, 0.2) is 0 Å². The molecule has 0 aromatic carbocycles. The molecule has 0 saturated heterocycles. The van der Waals surface area contributed by atoms with E-state index in [1.807, 2.05) is 7.05 Å². The second-order valence-electron chi connectivity index (χ2n) is 3.91. The zero-order valence-corrected chi connectivity index (χ0v) is 9.05. The summed E-state index contributed by atoms with van der Waals surface area (Å²) >= 11 is 0. The summed E-state index contributed by atoms with van der Waals surface area (Å²) in [5.74, 6) is -0.0106. The molecule has 0 heterocycles. The second-order valence-corrected chi connectivity index (χ2v) is 3.91. The minimum atomic E-state index is -0.756. The molecular formula is C9H21N3O. The molecular weight excluding hydrogens is 166 g/mol. The van der Waals surface area contributed by atoms with Gasteiger partial charge in [-0.25, -0.2) is 0 Å². The van der Waals surface area contributed by atoms with Crippen LogP contribution in [-0.2, 0) is 4.79 Å². The first-order valence-corrected chi connectivity index (χ1v) is 4.58. The molecule has 0 aromatic rings. The standard InChI is InChI=1S/C9H21N3O/c1-9(2,10)8(13)12(4)7-5-6-11-3/h11H,5-7,10H2,1-4H3. The van der Waals surface area contributed by atoms with Crippen LogP contribution in [0.1, 0.15) is 20.3 Å². The van der Waals surface area contributed by atoms with Gasteiger partial charge in [0, 0.05) is 13.6 Å². The summed E-state index contributed by atoms with van der Waals surface area (Å²) in [5.41, 5.74) is 4.92. The summed E-state index contributed by atoms with van der Waals surface area (Å²) < 4.78 is 0. The van der Waals surface area contributed by atoms with Gasteiger partial charge in [0.2, 0.25) is 5.91 Å². The average Bonchev–Trinajstić information content (AvgIpc) is 2.01. The molecule has 0 atom stereocenters. The number of carbonyl (C=O) groups excluding carboxylic acids is 1. The third-order valence-corrected chi connectivity index (χ3v) is 1.82. The molecule has 0 fully saturated rings. The van der Waals surface area contributed by atoms with Crippen LogP contribution in [-0.4, -0.2) is 43.5 Å². The van der Waals surface area contributed by atoms with E-state index in [2.05, 4.69) is 5.32 Å². The molecule has 0 unspecified atom stereocenters. The molecule has 0 aromatic heterocycles. The van der Waals surface area contributed by atoms with Gasteiger partial charge in [-0.05, 0) is 33.9 Å². The highest BCUT2D eigenvalue weighted by Crippen LogP contribution is 2.02. The van der Waals surface area contributed by atoms with E-state index in [0.717, 1.165) is 19.5 Å². The molecule has 0 saturated carbocycles. The molecule has 78 valence electrons. The van der Waals surface area contributed by atoms with Crippen LogP contribution in [0.5, 0.6) is 0 Å². The van der Waals surface area contributed by atoms with Crippen LogP contribution < -0.4 is 11.1 Å². The van der Waals surface area contributed by atoms with Crippen molar-refractivity contribution in [3.8, 4) is 0 Å². The Kier molecular flexibility index (Phi) is 4.95. The Bertz CT molecular complexity index is 163. The summed E-state index contributed by atoms with van der Waals surface area (Å²) in [6, 6.07) is 0. The van der Waals surface area contributed by atoms with Crippen LogP contribution in [0.15, 0.2) is 0 Å². The lowest BCUT2D eigenvalue weighted by Gasteiger charge is -2.25. The first-order valence-electron chi connectivity index (χ1n) is 4.58. The van der Waals surface area contributed by atoms with Crippen LogP contribution in [0.25, 0.3) is 0 Å². The van der Waals surface area contributed by atoms with Crippen molar-refractivity contribution in [2.24, 2.45) is 5.73 Å². The third-order valence-electron chi connectivity index (χ3n) is 1.82. The first-order chi connectivity index (χ1) is 5.89. The third kappa shape index (κ3) is 4.85. The number of amides is 1. The maximum absolute atomic E-state index is 11.5. The van der Waals surface area contributed by atoms with Crippen molar-refractivity contribution in [1.29, 1.82) is 0 Å². The fraction of sp³-hybridized carbons (Fsp3) is 0.889. The van der Waals surface area contributed by atoms with E-state index >= 15 is 0 Å². The minimum Gasteiger partial charge on any atom is -0.344 e. The van der Waals surface area contributed by atoms with Crippen molar-refractivity contribution in [2.45, 2.75) is 25.8 Å². The summed E-state index contributed by atoms with van der Waals surface area (Å²) in [6.45, 7) is 5.12. The number of nitrogens with zero attached hydrogens (tertiary/aromatic N) is 1. The lowest BCUT2D eigenvalue weighted by Crippen LogP contribution is -2.50. The van der Waals surface area contributed by atoms with Crippen molar-refractivity contribution in [1.82, 2.24) is 10.2 Å². The Hall–Kier alpha value is -0.610. The Morgan fingerprint density at radius 1 is 1.54 bits per heavy atom. The van der Waals surface area contributed by atoms with Crippen molar-refractivity contribution in [3.05, 3.63) is 0 Å². The topological polar surface area (TPSA) is 58.4 Å². The van der Waals surface area contributed by atoms with Crippen molar-refractivity contribution < 1.29 is 4.79 Å². The maximum Gasteiger partial charge on any atom is 0.241 e. The van der Waals surface area contributed by atoms with Gasteiger partial charge in [-0.3, -0.25) is 4.79 Å². The Balaban J connectivity index is 3.84. The fourth-order valence-corrected chi connectivity index (χ4v) is 1.09. The Morgan fingerprint density at radius 3 is 2.46 bits per heavy atom. The maximum atomic E-state index is 11.5. The first kappa shape index (κ1) is 12.4. The number of carbonyl (C=O) groups is 1. The molecule has 13 heavy (non-hydrogen) atoms. The monoisotopic (exact) mass is 187 g/mol. The molecule has 3 N–H and O–H groups in total. The van der Waals surface area contributed by atoms with E-state index in [1.54, 1.807) is 25.8 Å². The summed E-state index contributed by atoms with van der Waals surface area (Å²) in [7, 11) is 3.68. The molecule has 0 aliphatic carbocycles. The Morgan fingerprint density at radius 2 is 2.08 bits per heavy atom. The second kappa shape index (κ2) is 5.19. The normalized spacial score (nSPS) is 11.5. The van der Waals surface area contributed by atoms with E-state index in [0.29, 0.717) is 0 Å². The summed E-state index contributed by atoms with van der Waals surface area (Å²) in [4.78, 5) is 13.2. The molecule has 0 radical (unpaired) electrons. The van der Waals surface area contributed by atoms with E-state index in [4.69, 9.17) is 5.73 Å². The molecule has 0 spiro atoms. The predicted octanol–water partition coefficient (Wildman–Crippen LogP) is -0.208. The zero-order valence-electron chi connectivity index (χ0n) is 9.05. The highest BCUT2D eigenvalue weighted by molar-refractivity contribution is 5.84. The molecule has 4 heteroatoms. The van der Waals surface area contributed by atoms with E-state index in [-0.39, 0.29) is 5.91 Å². The van der Waals surface area contributed by atoms with Gasteiger partial charge in [0.05, 0.1) is 5.54 Å². The molecule has 1 amide bonds. The van der Waals surface area contributed by atoms with Crippen LogP contribution in [0.2, 0.25) is 0 Å². The van der Waals surface area contributed by atoms with Crippen molar-refractivity contribution in [3.63, 3.8) is 0 Å². The largest absolute Gasteiger partial charge is 0.344 e. The molecule has 0 bridgehead atoms. The zero-order chi connectivity index (χ0) is 10.5. The SMILES string of the molecule is CNCCCN(C)C(=O)C(C)(C)N. The fourth-order valence-electron chi connectivity index (χ4n) is 1.09. The lowest BCUT2D eigenvalue weighted by atomic mass is 10.1. The van der Waals surface area contributed by atoms with E-state index in [9.17, 15) is 4.79 Å². The molecule has 4 nitrogen and oxygen atoms in total. The van der Waals surface area contributed by atoms with Crippen LogP contribution in [0.3, 0.4) is 0 Å². The van der Waals surface area contributed by atoms with Gasteiger partial charge in [0.1, 0.15) is 0 Å². The quantitative estimate of drug-likeness (QED) is 0.586. The molecule has 0 rings (SSSR count). The lowest BCUT2D eigenvalue weighted by molar-refractivity contribution is -0.134. The van der Waals surface area contributed by atoms with Crippen LogP contribution in [0, 0.1) is 0 Å². The van der Waals surface area contributed by atoms with Crippen molar-refractivity contribution in [2.75, 3.05) is 27.2 Å². The van der Waals surface area contributed by atoms with Crippen LogP contribution in [0.4, 0.5) is 0 Å². The number of hydrogen-bond donors (Lipinski definition) is 2. The van der Waals surface area contributed by atoms with Gasteiger partial charge < -0.3 is 16.0 Å². The van der Waals surface area contributed by atoms with E-state index < -0.39 is 5.54 Å². The molecule has 0 aliphatic rings.